The minimum atomic E-state index is -0.740. The number of rotatable bonds is 5. The number of methoxy groups -OCH3 is 1. The Morgan fingerprint density at radius 2 is 1.81 bits per heavy atom. The first kappa shape index (κ1) is 16.7. The van der Waals surface area contributed by atoms with Crippen LogP contribution in [0.2, 0.25) is 0 Å². The van der Waals surface area contributed by atoms with Gasteiger partial charge < -0.3 is 14.7 Å². The molecular weight excluding hydrogens is 268 g/mol. The van der Waals surface area contributed by atoms with E-state index in [2.05, 4.69) is 11.8 Å². The second-order valence-corrected chi connectivity index (χ2v) is 6.68. The maximum atomic E-state index is 12.4. The molecule has 1 saturated heterocycles. The van der Waals surface area contributed by atoms with Gasteiger partial charge in [-0.25, -0.2) is 0 Å². The van der Waals surface area contributed by atoms with Crippen LogP contribution in [0.15, 0.2) is 0 Å². The van der Waals surface area contributed by atoms with Gasteiger partial charge >= 0.3 is 0 Å². The Labute approximate surface area is 128 Å². The second kappa shape index (κ2) is 7.56. The van der Waals surface area contributed by atoms with Crippen LogP contribution in [0.5, 0.6) is 0 Å². The van der Waals surface area contributed by atoms with Crippen LogP contribution in [0.3, 0.4) is 0 Å². The van der Waals surface area contributed by atoms with Crippen LogP contribution >= 0.6 is 0 Å². The largest absolute Gasteiger partial charge is 0.389 e. The molecule has 1 saturated carbocycles. The smallest absolute Gasteiger partial charge is 0.225 e. The van der Waals surface area contributed by atoms with Gasteiger partial charge in [0.2, 0.25) is 5.91 Å². The molecule has 0 radical (unpaired) electrons. The van der Waals surface area contributed by atoms with Gasteiger partial charge in [0.1, 0.15) is 0 Å². The number of nitrogens with zero attached hydrogens (tertiary/aromatic N) is 2. The third kappa shape index (κ3) is 4.66. The minimum absolute atomic E-state index is 0.124. The predicted octanol–water partition coefficient (Wildman–Crippen LogP) is 1.25. The number of hydrogen-bond acceptors (Lipinski definition) is 4. The van der Waals surface area contributed by atoms with Crippen LogP contribution in [0.25, 0.3) is 0 Å². The fourth-order valence-corrected chi connectivity index (χ4v) is 3.54. The van der Waals surface area contributed by atoms with Crippen molar-refractivity contribution < 1.29 is 14.6 Å². The summed E-state index contributed by atoms with van der Waals surface area (Å²) in [5, 5.41) is 10.5. The highest BCUT2D eigenvalue weighted by molar-refractivity contribution is 5.77. The van der Waals surface area contributed by atoms with Crippen molar-refractivity contribution in [3.05, 3.63) is 0 Å². The summed E-state index contributed by atoms with van der Waals surface area (Å²) in [6, 6.07) is 0.398. The molecule has 1 N–H and O–H groups in total. The van der Waals surface area contributed by atoms with Crippen LogP contribution in [0, 0.1) is 0 Å². The van der Waals surface area contributed by atoms with E-state index in [1.807, 2.05) is 4.90 Å². The topological polar surface area (TPSA) is 53.0 Å². The lowest BCUT2D eigenvalue weighted by molar-refractivity contribution is -0.140. The lowest BCUT2D eigenvalue weighted by Gasteiger charge is -2.39. The average molecular weight is 298 g/mol. The van der Waals surface area contributed by atoms with Crippen molar-refractivity contribution in [1.29, 1.82) is 0 Å². The lowest BCUT2D eigenvalue weighted by Crippen LogP contribution is -2.53. The summed E-state index contributed by atoms with van der Waals surface area (Å²) in [4.78, 5) is 16.7. The molecule has 122 valence electrons. The molecule has 2 aliphatic rings. The minimum Gasteiger partial charge on any atom is -0.389 e. The zero-order valence-corrected chi connectivity index (χ0v) is 13.5. The van der Waals surface area contributed by atoms with Crippen LogP contribution in [-0.2, 0) is 9.53 Å². The monoisotopic (exact) mass is 298 g/mol. The standard InChI is InChI=1S/C16H30N2O3/c1-14(13-21-2)17-8-10-18(11-9-17)15(19)12-16(20)6-4-3-5-7-16/h14,20H,3-13H2,1-2H3. The average Bonchev–Trinajstić information content (AvgIpc) is 2.48. The van der Waals surface area contributed by atoms with Gasteiger partial charge in [-0.15, -0.1) is 0 Å². The van der Waals surface area contributed by atoms with E-state index >= 15 is 0 Å². The molecule has 1 aliphatic carbocycles. The Morgan fingerprint density at radius 3 is 2.38 bits per heavy atom. The van der Waals surface area contributed by atoms with Gasteiger partial charge in [-0.2, -0.15) is 0 Å². The first-order valence-corrected chi connectivity index (χ1v) is 8.27. The number of carbonyl (C=O) groups is 1. The molecule has 2 rings (SSSR count). The Balaban J connectivity index is 1.77. The first-order valence-electron chi connectivity index (χ1n) is 8.27. The number of carbonyl (C=O) groups excluding carboxylic acids is 1. The van der Waals surface area contributed by atoms with Gasteiger partial charge in [0, 0.05) is 39.3 Å². The molecule has 1 heterocycles. The van der Waals surface area contributed by atoms with E-state index in [-0.39, 0.29) is 5.91 Å². The van der Waals surface area contributed by atoms with Gasteiger partial charge in [-0.3, -0.25) is 9.69 Å². The Kier molecular flexibility index (Phi) is 6.02. The molecule has 0 aromatic carbocycles. The number of ether oxygens (including phenoxy) is 1. The van der Waals surface area contributed by atoms with E-state index < -0.39 is 5.60 Å². The number of piperazine rings is 1. The van der Waals surface area contributed by atoms with Crippen molar-refractivity contribution in [2.75, 3.05) is 39.9 Å². The molecule has 5 nitrogen and oxygen atoms in total. The fraction of sp³-hybridized carbons (Fsp3) is 0.938. The van der Waals surface area contributed by atoms with Crippen LogP contribution in [0.1, 0.15) is 45.4 Å². The van der Waals surface area contributed by atoms with Crippen LogP contribution in [0.4, 0.5) is 0 Å². The quantitative estimate of drug-likeness (QED) is 0.830. The van der Waals surface area contributed by atoms with Gasteiger partial charge in [-0.05, 0) is 19.8 Å². The van der Waals surface area contributed by atoms with E-state index in [1.54, 1.807) is 7.11 Å². The zero-order valence-electron chi connectivity index (χ0n) is 13.5. The highest BCUT2D eigenvalue weighted by atomic mass is 16.5. The lowest BCUT2D eigenvalue weighted by atomic mass is 9.82. The number of amides is 1. The highest BCUT2D eigenvalue weighted by Gasteiger charge is 2.34. The molecule has 0 spiro atoms. The normalized spacial score (nSPS) is 24.8. The summed E-state index contributed by atoms with van der Waals surface area (Å²) < 4.78 is 5.19. The molecule has 1 amide bonds. The maximum absolute atomic E-state index is 12.4. The molecule has 0 aromatic rings. The third-order valence-electron chi connectivity index (χ3n) is 4.96. The summed E-state index contributed by atoms with van der Waals surface area (Å²) in [5.74, 6) is 0.124. The first-order chi connectivity index (χ1) is 10.0. The molecule has 5 heteroatoms. The summed E-state index contributed by atoms with van der Waals surface area (Å²) in [5.41, 5.74) is -0.740. The van der Waals surface area contributed by atoms with Crippen molar-refractivity contribution in [1.82, 2.24) is 9.80 Å². The Bertz CT molecular complexity index is 334. The van der Waals surface area contributed by atoms with Crippen molar-refractivity contribution in [2.45, 2.75) is 57.1 Å². The SMILES string of the molecule is COCC(C)N1CCN(C(=O)CC2(O)CCCCC2)CC1. The van der Waals surface area contributed by atoms with Crippen molar-refractivity contribution in [3.8, 4) is 0 Å². The predicted molar refractivity (Wildman–Crippen MR) is 82.1 cm³/mol. The molecule has 2 fully saturated rings. The van der Waals surface area contributed by atoms with Crippen molar-refractivity contribution in [3.63, 3.8) is 0 Å². The molecule has 1 atom stereocenters. The van der Waals surface area contributed by atoms with E-state index in [0.29, 0.717) is 12.5 Å². The van der Waals surface area contributed by atoms with E-state index in [0.717, 1.165) is 58.5 Å². The molecule has 0 aromatic heterocycles. The fourth-order valence-electron chi connectivity index (χ4n) is 3.54. The highest BCUT2D eigenvalue weighted by Crippen LogP contribution is 2.31. The van der Waals surface area contributed by atoms with Crippen molar-refractivity contribution in [2.24, 2.45) is 0 Å². The Hall–Kier alpha value is -0.650. The third-order valence-corrected chi connectivity index (χ3v) is 4.96. The van der Waals surface area contributed by atoms with Gasteiger partial charge in [0.05, 0.1) is 18.6 Å². The molecule has 1 unspecified atom stereocenters. The Morgan fingerprint density at radius 1 is 1.19 bits per heavy atom. The summed E-state index contributed by atoms with van der Waals surface area (Å²) in [6.07, 6.45) is 5.15. The van der Waals surface area contributed by atoms with Crippen molar-refractivity contribution >= 4 is 5.91 Å². The molecule has 1 aliphatic heterocycles. The zero-order chi connectivity index (χ0) is 15.3. The number of aliphatic hydroxyl groups is 1. The van der Waals surface area contributed by atoms with Gasteiger partial charge in [0.15, 0.2) is 0 Å². The maximum Gasteiger partial charge on any atom is 0.225 e. The molecular formula is C16H30N2O3. The van der Waals surface area contributed by atoms with Gasteiger partial charge in [-0.1, -0.05) is 19.3 Å². The second-order valence-electron chi connectivity index (χ2n) is 6.68. The molecule has 0 bridgehead atoms. The summed E-state index contributed by atoms with van der Waals surface area (Å²) >= 11 is 0. The molecule has 21 heavy (non-hydrogen) atoms. The van der Waals surface area contributed by atoms with E-state index in [9.17, 15) is 9.90 Å². The van der Waals surface area contributed by atoms with Crippen LogP contribution in [-0.4, -0.2) is 72.4 Å². The van der Waals surface area contributed by atoms with E-state index in [1.165, 1.54) is 6.42 Å². The number of hydrogen-bond donors (Lipinski definition) is 1. The van der Waals surface area contributed by atoms with Gasteiger partial charge in [0.25, 0.3) is 0 Å². The van der Waals surface area contributed by atoms with Crippen LogP contribution < -0.4 is 0 Å². The van der Waals surface area contributed by atoms with E-state index in [4.69, 9.17) is 4.74 Å². The summed E-state index contributed by atoms with van der Waals surface area (Å²) in [7, 11) is 1.72. The summed E-state index contributed by atoms with van der Waals surface area (Å²) in [6.45, 7) is 6.22.